The van der Waals surface area contributed by atoms with Gasteiger partial charge in [-0.05, 0) is 54.3 Å². The number of carbonyl (C=O) groups is 2. The summed E-state index contributed by atoms with van der Waals surface area (Å²) < 4.78 is 0. The predicted molar refractivity (Wildman–Crippen MR) is 115 cm³/mol. The van der Waals surface area contributed by atoms with Crippen LogP contribution in [0.25, 0.3) is 10.6 Å². The van der Waals surface area contributed by atoms with Gasteiger partial charge in [0.1, 0.15) is 0 Å². The fraction of sp³-hybridized carbons (Fsp3) is 0.0455. The molecule has 0 unspecified atom stereocenters. The van der Waals surface area contributed by atoms with Crippen LogP contribution in [0.2, 0.25) is 0 Å². The molecule has 3 N–H and O–H groups in total. The molecule has 2 aromatic carbocycles. The number of nitrogens with zero attached hydrogens (tertiary/aromatic N) is 1. The first-order valence-corrected chi connectivity index (χ1v) is 9.86. The van der Waals surface area contributed by atoms with Crippen LogP contribution >= 0.6 is 11.3 Å². The van der Waals surface area contributed by atoms with Crippen molar-refractivity contribution in [1.29, 1.82) is 0 Å². The van der Waals surface area contributed by atoms with Gasteiger partial charge in [-0.3, -0.25) is 14.7 Å². The molecule has 144 valence electrons. The predicted octanol–water partition coefficient (Wildman–Crippen LogP) is 4.95. The normalized spacial score (nSPS) is 10.5. The summed E-state index contributed by atoms with van der Waals surface area (Å²) in [5, 5.41) is 14.7. The minimum Gasteiger partial charge on any atom is -0.322 e. The summed E-state index contributed by atoms with van der Waals surface area (Å²) in [6, 6.07) is 20.0. The zero-order valence-electron chi connectivity index (χ0n) is 15.6. The Labute approximate surface area is 171 Å². The van der Waals surface area contributed by atoms with E-state index in [0.29, 0.717) is 22.6 Å². The van der Waals surface area contributed by atoms with E-state index < -0.39 is 0 Å². The number of aromatic nitrogens is 2. The standard InChI is InChI=1S/C22H18N4O2S/c1-14-9-10-16(23-21(27)15-6-3-2-4-7-15)12-17(14)24-22(28)19-13-18(25-26-19)20-8-5-11-29-20/h2-13H,1H3,(H,23,27)(H,24,28)(H,25,26). The molecule has 0 saturated carbocycles. The molecule has 0 aliphatic carbocycles. The zero-order chi connectivity index (χ0) is 20.2. The summed E-state index contributed by atoms with van der Waals surface area (Å²) in [6.07, 6.45) is 0. The Morgan fingerprint density at radius 2 is 1.76 bits per heavy atom. The maximum atomic E-state index is 12.6. The lowest BCUT2D eigenvalue weighted by molar-refractivity contribution is 0.101. The minimum absolute atomic E-state index is 0.209. The van der Waals surface area contributed by atoms with Crippen molar-refractivity contribution in [2.75, 3.05) is 10.6 Å². The van der Waals surface area contributed by atoms with Gasteiger partial charge < -0.3 is 10.6 Å². The van der Waals surface area contributed by atoms with Crippen LogP contribution in [0.1, 0.15) is 26.4 Å². The van der Waals surface area contributed by atoms with Gasteiger partial charge in [0.05, 0.1) is 10.6 Å². The number of rotatable bonds is 5. The number of hydrogen-bond donors (Lipinski definition) is 3. The molecular weight excluding hydrogens is 384 g/mol. The summed E-state index contributed by atoms with van der Waals surface area (Å²) >= 11 is 1.57. The molecular formula is C22H18N4O2S. The maximum absolute atomic E-state index is 12.6. The highest BCUT2D eigenvalue weighted by Crippen LogP contribution is 2.24. The van der Waals surface area contributed by atoms with E-state index in [9.17, 15) is 9.59 Å². The lowest BCUT2D eigenvalue weighted by atomic mass is 10.1. The number of aryl methyl sites for hydroxylation is 1. The monoisotopic (exact) mass is 402 g/mol. The van der Waals surface area contributed by atoms with Crippen LogP contribution in [0, 0.1) is 6.92 Å². The Bertz CT molecular complexity index is 1150. The lowest BCUT2D eigenvalue weighted by Crippen LogP contribution is -2.15. The number of benzene rings is 2. The number of H-pyrrole nitrogens is 1. The van der Waals surface area contributed by atoms with Gasteiger partial charge in [0.25, 0.3) is 11.8 Å². The Morgan fingerprint density at radius 1 is 0.931 bits per heavy atom. The summed E-state index contributed by atoms with van der Waals surface area (Å²) in [5.74, 6) is -0.529. The van der Waals surface area contributed by atoms with E-state index in [1.807, 2.05) is 48.7 Å². The molecule has 7 heteroatoms. The molecule has 0 spiro atoms. The number of aromatic amines is 1. The maximum Gasteiger partial charge on any atom is 0.276 e. The molecule has 2 aromatic heterocycles. The first kappa shape index (κ1) is 18.6. The van der Waals surface area contributed by atoms with Crippen LogP contribution < -0.4 is 10.6 Å². The molecule has 0 radical (unpaired) electrons. The molecule has 4 aromatic rings. The van der Waals surface area contributed by atoms with Crippen LogP contribution in [-0.2, 0) is 0 Å². The molecule has 0 atom stereocenters. The molecule has 2 heterocycles. The molecule has 29 heavy (non-hydrogen) atoms. The Balaban J connectivity index is 1.49. The number of anilines is 2. The third kappa shape index (κ3) is 4.25. The first-order valence-electron chi connectivity index (χ1n) is 8.98. The van der Waals surface area contributed by atoms with Crippen molar-refractivity contribution < 1.29 is 9.59 Å². The average molecular weight is 402 g/mol. The van der Waals surface area contributed by atoms with Gasteiger partial charge in [-0.25, -0.2) is 0 Å². The van der Waals surface area contributed by atoms with Crippen molar-refractivity contribution in [2.45, 2.75) is 6.92 Å². The average Bonchev–Trinajstić information content (AvgIpc) is 3.43. The van der Waals surface area contributed by atoms with Gasteiger partial charge in [-0.2, -0.15) is 5.10 Å². The second kappa shape index (κ2) is 8.12. The SMILES string of the molecule is Cc1ccc(NC(=O)c2ccccc2)cc1NC(=O)c1cc(-c2cccs2)[nH]n1. The van der Waals surface area contributed by atoms with E-state index in [1.165, 1.54) is 0 Å². The van der Waals surface area contributed by atoms with E-state index in [-0.39, 0.29) is 11.8 Å². The van der Waals surface area contributed by atoms with Crippen molar-refractivity contribution in [1.82, 2.24) is 10.2 Å². The van der Waals surface area contributed by atoms with Gasteiger partial charge in [0.15, 0.2) is 5.69 Å². The number of thiophene rings is 1. The second-order valence-corrected chi connectivity index (χ2v) is 7.40. The van der Waals surface area contributed by atoms with Crippen LogP contribution in [0.4, 0.5) is 11.4 Å². The summed E-state index contributed by atoms with van der Waals surface area (Å²) in [5.41, 5.74) is 3.75. The van der Waals surface area contributed by atoms with Gasteiger partial charge in [-0.15, -0.1) is 11.3 Å². The number of nitrogens with one attached hydrogen (secondary N) is 3. The van der Waals surface area contributed by atoms with E-state index in [4.69, 9.17) is 0 Å². The number of hydrogen-bond acceptors (Lipinski definition) is 4. The summed E-state index contributed by atoms with van der Waals surface area (Å²) in [7, 11) is 0. The minimum atomic E-state index is -0.321. The Morgan fingerprint density at radius 3 is 2.52 bits per heavy atom. The summed E-state index contributed by atoms with van der Waals surface area (Å²) in [6.45, 7) is 1.89. The quantitative estimate of drug-likeness (QED) is 0.441. The number of amides is 2. The highest BCUT2D eigenvalue weighted by atomic mass is 32.1. The van der Waals surface area contributed by atoms with Crippen molar-refractivity contribution >= 4 is 34.5 Å². The smallest absolute Gasteiger partial charge is 0.276 e. The molecule has 0 fully saturated rings. The van der Waals surface area contributed by atoms with Crippen LogP contribution in [0.3, 0.4) is 0 Å². The molecule has 0 bridgehead atoms. The van der Waals surface area contributed by atoms with Crippen molar-refractivity contribution in [2.24, 2.45) is 0 Å². The molecule has 0 aliphatic rings. The van der Waals surface area contributed by atoms with Gasteiger partial charge in [0, 0.05) is 16.9 Å². The summed E-state index contributed by atoms with van der Waals surface area (Å²) in [4.78, 5) is 26.0. The topological polar surface area (TPSA) is 86.9 Å². The van der Waals surface area contributed by atoms with Crippen LogP contribution in [-0.4, -0.2) is 22.0 Å². The molecule has 0 saturated heterocycles. The molecule has 4 rings (SSSR count). The highest BCUT2D eigenvalue weighted by Gasteiger charge is 2.14. The molecule has 6 nitrogen and oxygen atoms in total. The lowest BCUT2D eigenvalue weighted by Gasteiger charge is -2.11. The van der Waals surface area contributed by atoms with Crippen LogP contribution in [0.5, 0.6) is 0 Å². The highest BCUT2D eigenvalue weighted by molar-refractivity contribution is 7.13. The molecule has 0 aliphatic heterocycles. The zero-order valence-corrected chi connectivity index (χ0v) is 16.4. The largest absolute Gasteiger partial charge is 0.322 e. The Hall–Kier alpha value is -3.71. The van der Waals surface area contributed by atoms with Gasteiger partial charge in [-0.1, -0.05) is 30.3 Å². The van der Waals surface area contributed by atoms with Crippen LogP contribution in [0.15, 0.2) is 72.1 Å². The van der Waals surface area contributed by atoms with E-state index >= 15 is 0 Å². The van der Waals surface area contributed by atoms with Crippen molar-refractivity contribution in [3.8, 4) is 10.6 Å². The fourth-order valence-corrected chi connectivity index (χ4v) is 3.50. The van der Waals surface area contributed by atoms with Gasteiger partial charge in [0.2, 0.25) is 0 Å². The fourth-order valence-electron chi connectivity index (χ4n) is 2.81. The Kier molecular flexibility index (Phi) is 5.22. The first-order chi connectivity index (χ1) is 14.1. The van der Waals surface area contributed by atoms with E-state index in [1.54, 1.807) is 41.7 Å². The second-order valence-electron chi connectivity index (χ2n) is 6.45. The third-order valence-electron chi connectivity index (χ3n) is 4.38. The van der Waals surface area contributed by atoms with E-state index in [2.05, 4.69) is 20.8 Å². The third-order valence-corrected chi connectivity index (χ3v) is 5.28. The van der Waals surface area contributed by atoms with E-state index in [0.717, 1.165) is 16.1 Å². The number of carbonyl (C=O) groups excluding carboxylic acids is 2. The molecule has 2 amide bonds. The van der Waals surface area contributed by atoms with Crippen molar-refractivity contribution in [3.63, 3.8) is 0 Å². The van der Waals surface area contributed by atoms with Gasteiger partial charge >= 0.3 is 0 Å². The van der Waals surface area contributed by atoms with Crippen molar-refractivity contribution in [3.05, 3.63) is 88.9 Å².